The van der Waals surface area contributed by atoms with Crippen molar-refractivity contribution in [2.24, 2.45) is 0 Å². The van der Waals surface area contributed by atoms with Gasteiger partial charge in [-0.15, -0.1) is 0 Å². The van der Waals surface area contributed by atoms with Gasteiger partial charge in [-0.25, -0.2) is 9.37 Å². The van der Waals surface area contributed by atoms with E-state index in [1.165, 1.54) is 23.9 Å². The SMILES string of the molecule is COc1ccc(-n2ccnc2SCC(=O)N(C)Cc2ccc(F)cc2)cc1. The zero-order chi connectivity index (χ0) is 19.2. The fourth-order valence-electron chi connectivity index (χ4n) is 2.52. The molecule has 0 atom stereocenters. The first-order valence-electron chi connectivity index (χ1n) is 8.36. The van der Waals surface area contributed by atoms with E-state index >= 15 is 0 Å². The van der Waals surface area contributed by atoms with Gasteiger partial charge in [0.05, 0.1) is 12.9 Å². The molecule has 0 aliphatic heterocycles. The van der Waals surface area contributed by atoms with Crippen molar-refractivity contribution < 1.29 is 13.9 Å². The summed E-state index contributed by atoms with van der Waals surface area (Å²) in [6.07, 6.45) is 3.57. The molecule has 1 heterocycles. The predicted molar refractivity (Wildman–Crippen MR) is 104 cm³/mol. The molecule has 0 unspecified atom stereocenters. The summed E-state index contributed by atoms with van der Waals surface area (Å²) < 4.78 is 20.1. The lowest BCUT2D eigenvalue weighted by Gasteiger charge is -2.17. The van der Waals surface area contributed by atoms with Gasteiger partial charge < -0.3 is 9.64 Å². The Morgan fingerprint density at radius 1 is 1.19 bits per heavy atom. The minimum atomic E-state index is -0.284. The van der Waals surface area contributed by atoms with Gasteiger partial charge in [-0.2, -0.15) is 0 Å². The highest BCUT2D eigenvalue weighted by atomic mass is 32.2. The Labute approximate surface area is 161 Å². The lowest BCUT2D eigenvalue weighted by atomic mass is 10.2. The van der Waals surface area contributed by atoms with Crippen LogP contribution in [0.5, 0.6) is 5.75 Å². The number of thioether (sulfide) groups is 1. The molecule has 1 amide bonds. The summed E-state index contributed by atoms with van der Waals surface area (Å²) in [5.74, 6) is 0.748. The van der Waals surface area contributed by atoms with Crippen LogP contribution in [0.2, 0.25) is 0 Å². The molecule has 3 aromatic rings. The number of rotatable bonds is 7. The van der Waals surface area contributed by atoms with Crippen LogP contribution >= 0.6 is 11.8 Å². The highest BCUT2D eigenvalue weighted by molar-refractivity contribution is 7.99. The number of carbonyl (C=O) groups is 1. The highest BCUT2D eigenvalue weighted by Gasteiger charge is 2.13. The van der Waals surface area contributed by atoms with E-state index in [0.717, 1.165) is 22.2 Å². The monoisotopic (exact) mass is 385 g/mol. The maximum absolute atomic E-state index is 13.0. The smallest absolute Gasteiger partial charge is 0.233 e. The highest BCUT2D eigenvalue weighted by Crippen LogP contribution is 2.22. The molecule has 0 spiro atoms. The number of carbonyl (C=O) groups excluding carboxylic acids is 1. The summed E-state index contributed by atoms with van der Waals surface area (Å²) in [4.78, 5) is 18.4. The number of hydrogen-bond acceptors (Lipinski definition) is 4. The molecule has 0 saturated heterocycles. The van der Waals surface area contributed by atoms with E-state index in [4.69, 9.17) is 4.74 Å². The molecule has 2 aromatic carbocycles. The van der Waals surface area contributed by atoms with Crippen LogP contribution in [0.4, 0.5) is 4.39 Å². The number of hydrogen-bond donors (Lipinski definition) is 0. The summed E-state index contributed by atoms with van der Waals surface area (Å²) in [6.45, 7) is 0.437. The number of benzene rings is 2. The average molecular weight is 385 g/mol. The molecule has 0 N–H and O–H groups in total. The van der Waals surface area contributed by atoms with E-state index in [9.17, 15) is 9.18 Å². The molecule has 3 rings (SSSR count). The van der Waals surface area contributed by atoms with Gasteiger partial charge in [-0.3, -0.25) is 9.36 Å². The normalized spacial score (nSPS) is 10.6. The van der Waals surface area contributed by atoms with E-state index in [1.807, 2.05) is 35.0 Å². The van der Waals surface area contributed by atoms with Crippen LogP contribution in [0.25, 0.3) is 5.69 Å². The Bertz CT molecular complexity index is 894. The van der Waals surface area contributed by atoms with Crippen molar-refractivity contribution in [3.8, 4) is 11.4 Å². The van der Waals surface area contributed by atoms with Crippen LogP contribution < -0.4 is 4.74 Å². The third-order valence-corrected chi connectivity index (χ3v) is 4.99. The molecular weight excluding hydrogens is 365 g/mol. The number of ether oxygens (including phenoxy) is 1. The van der Waals surface area contributed by atoms with Gasteiger partial charge >= 0.3 is 0 Å². The molecule has 0 radical (unpaired) electrons. The molecule has 27 heavy (non-hydrogen) atoms. The zero-order valence-corrected chi connectivity index (χ0v) is 15.9. The van der Waals surface area contributed by atoms with Crippen LogP contribution in [0.15, 0.2) is 66.1 Å². The first-order chi connectivity index (χ1) is 13.1. The number of halogens is 1. The number of aromatic nitrogens is 2. The third kappa shape index (κ3) is 4.89. The molecule has 5 nitrogen and oxygen atoms in total. The maximum Gasteiger partial charge on any atom is 0.233 e. The van der Waals surface area contributed by atoms with E-state index < -0.39 is 0 Å². The number of nitrogens with zero attached hydrogens (tertiary/aromatic N) is 3. The lowest BCUT2D eigenvalue weighted by Crippen LogP contribution is -2.27. The van der Waals surface area contributed by atoms with Gasteiger partial charge in [0.1, 0.15) is 11.6 Å². The maximum atomic E-state index is 13.0. The Balaban J connectivity index is 1.60. The zero-order valence-electron chi connectivity index (χ0n) is 15.1. The minimum absolute atomic E-state index is 0.0198. The lowest BCUT2D eigenvalue weighted by molar-refractivity contribution is -0.127. The first kappa shape index (κ1) is 19.0. The van der Waals surface area contributed by atoms with E-state index in [-0.39, 0.29) is 17.5 Å². The van der Waals surface area contributed by atoms with Gasteiger partial charge in [0.25, 0.3) is 0 Å². The van der Waals surface area contributed by atoms with Crippen molar-refractivity contribution in [2.75, 3.05) is 19.9 Å². The summed E-state index contributed by atoms with van der Waals surface area (Å²) >= 11 is 1.38. The second kappa shape index (κ2) is 8.73. The third-order valence-electron chi connectivity index (χ3n) is 4.04. The van der Waals surface area contributed by atoms with Crippen molar-refractivity contribution in [1.29, 1.82) is 0 Å². The van der Waals surface area contributed by atoms with Crippen LogP contribution in [-0.4, -0.2) is 40.3 Å². The molecule has 0 bridgehead atoms. The fourth-order valence-corrected chi connectivity index (χ4v) is 3.44. The molecule has 0 fully saturated rings. The molecule has 0 aliphatic carbocycles. The van der Waals surface area contributed by atoms with Crippen LogP contribution in [0.1, 0.15) is 5.56 Å². The standard InChI is InChI=1S/C20H20FN3O2S/c1-23(13-15-3-5-16(21)6-4-15)19(25)14-27-20-22-11-12-24(20)17-7-9-18(26-2)10-8-17/h3-12H,13-14H2,1-2H3. The van der Waals surface area contributed by atoms with Crippen LogP contribution in [0, 0.1) is 5.82 Å². The van der Waals surface area contributed by atoms with E-state index in [2.05, 4.69) is 4.98 Å². The topological polar surface area (TPSA) is 47.4 Å². The Morgan fingerprint density at radius 2 is 1.89 bits per heavy atom. The summed E-state index contributed by atoms with van der Waals surface area (Å²) in [7, 11) is 3.36. The molecule has 0 aliphatic rings. The van der Waals surface area contributed by atoms with Gasteiger partial charge in [0.15, 0.2) is 5.16 Å². The summed E-state index contributed by atoms with van der Waals surface area (Å²) in [5.41, 5.74) is 1.83. The Morgan fingerprint density at radius 3 is 2.56 bits per heavy atom. The molecule has 0 saturated carbocycles. The van der Waals surface area contributed by atoms with Crippen LogP contribution in [-0.2, 0) is 11.3 Å². The van der Waals surface area contributed by atoms with Crippen LogP contribution in [0.3, 0.4) is 0 Å². The molecule has 7 heteroatoms. The number of amides is 1. The first-order valence-corrected chi connectivity index (χ1v) is 9.34. The largest absolute Gasteiger partial charge is 0.497 e. The van der Waals surface area contributed by atoms with Crippen molar-refractivity contribution in [2.45, 2.75) is 11.7 Å². The van der Waals surface area contributed by atoms with Crippen molar-refractivity contribution in [3.05, 3.63) is 72.3 Å². The Hall–Kier alpha value is -2.80. The van der Waals surface area contributed by atoms with Gasteiger partial charge in [-0.1, -0.05) is 23.9 Å². The van der Waals surface area contributed by atoms with Crippen molar-refractivity contribution in [3.63, 3.8) is 0 Å². The van der Waals surface area contributed by atoms with Crippen molar-refractivity contribution >= 4 is 17.7 Å². The molecular formula is C20H20FN3O2S. The summed E-state index contributed by atoms with van der Waals surface area (Å²) in [6, 6.07) is 13.8. The average Bonchev–Trinajstić information content (AvgIpc) is 3.16. The minimum Gasteiger partial charge on any atom is -0.497 e. The van der Waals surface area contributed by atoms with E-state index in [1.54, 1.807) is 37.4 Å². The Kier molecular flexibility index (Phi) is 6.13. The van der Waals surface area contributed by atoms with Crippen molar-refractivity contribution in [1.82, 2.24) is 14.5 Å². The quantitative estimate of drug-likeness (QED) is 0.581. The van der Waals surface area contributed by atoms with E-state index in [0.29, 0.717) is 6.54 Å². The summed E-state index contributed by atoms with van der Waals surface area (Å²) in [5, 5.41) is 0.740. The molecule has 140 valence electrons. The van der Waals surface area contributed by atoms with Gasteiger partial charge in [0, 0.05) is 31.7 Å². The second-order valence-electron chi connectivity index (χ2n) is 5.94. The van der Waals surface area contributed by atoms with Gasteiger partial charge in [0.2, 0.25) is 5.91 Å². The fraction of sp³-hybridized carbons (Fsp3) is 0.200. The second-order valence-corrected chi connectivity index (χ2v) is 6.89. The predicted octanol–water partition coefficient (Wildman–Crippen LogP) is 3.77. The van der Waals surface area contributed by atoms with Gasteiger partial charge in [-0.05, 0) is 42.0 Å². The number of imidazole rings is 1. The number of methoxy groups -OCH3 is 1. The molecule has 1 aromatic heterocycles.